The summed E-state index contributed by atoms with van der Waals surface area (Å²) in [6.07, 6.45) is 0. The predicted octanol–water partition coefficient (Wildman–Crippen LogP) is 15.6. The zero-order chi connectivity index (χ0) is 38.7. The van der Waals surface area contributed by atoms with Crippen LogP contribution in [-0.2, 0) is 5.41 Å². The van der Waals surface area contributed by atoms with E-state index >= 15 is 0 Å². The molecule has 0 heteroatoms. The Morgan fingerprint density at radius 3 is 1.36 bits per heavy atom. The third-order valence-electron chi connectivity index (χ3n) is 13.4. The fraction of sp³-hybridized carbons (Fsp3) is 0.0169. The van der Waals surface area contributed by atoms with Crippen LogP contribution in [0, 0.1) is 0 Å². The molecule has 0 unspecified atom stereocenters. The molecule has 0 nitrogen and oxygen atoms in total. The van der Waals surface area contributed by atoms with Gasteiger partial charge in [0.25, 0.3) is 0 Å². The van der Waals surface area contributed by atoms with Gasteiger partial charge < -0.3 is 0 Å². The number of fused-ring (bicyclic) bond motifs is 16. The fourth-order valence-corrected chi connectivity index (χ4v) is 11.2. The molecule has 11 aromatic carbocycles. The molecule has 0 saturated carbocycles. The maximum absolute atomic E-state index is 2.61. The topological polar surface area (TPSA) is 0 Å². The third-order valence-corrected chi connectivity index (χ3v) is 13.4. The quantitative estimate of drug-likeness (QED) is 0.158. The minimum absolute atomic E-state index is 0.482. The van der Waals surface area contributed by atoms with Crippen LogP contribution in [0.1, 0.15) is 22.3 Å². The smallest absolute Gasteiger partial charge is 0.0622 e. The molecule has 0 heterocycles. The van der Waals surface area contributed by atoms with E-state index in [1.165, 1.54) is 121 Å². The van der Waals surface area contributed by atoms with E-state index in [9.17, 15) is 0 Å². The summed E-state index contributed by atoms with van der Waals surface area (Å²) >= 11 is 0. The second kappa shape index (κ2) is 12.2. The van der Waals surface area contributed by atoms with Crippen LogP contribution in [0.3, 0.4) is 0 Å². The first-order valence-electron chi connectivity index (χ1n) is 20.7. The summed E-state index contributed by atoms with van der Waals surface area (Å²) in [5.41, 5.74) is 17.8. The zero-order valence-corrected chi connectivity index (χ0v) is 32.3. The molecule has 0 aromatic heterocycles. The van der Waals surface area contributed by atoms with Gasteiger partial charge in [0, 0.05) is 0 Å². The molecule has 1 spiro atoms. The minimum Gasteiger partial charge on any atom is -0.0622 e. The highest BCUT2D eigenvalue weighted by Gasteiger charge is 2.52. The van der Waals surface area contributed by atoms with E-state index in [1.54, 1.807) is 0 Å². The lowest BCUT2D eigenvalue weighted by molar-refractivity contribution is 0.795. The lowest BCUT2D eigenvalue weighted by Crippen LogP contribution is -2.26. The molecule has 2 aliphatic carbocycles. The van der Waals surface area contributed by atoms with E-state index in [4.69, 9.17) is 0 Å². The van der Waals surface area contributed by atoms with E-state index in [2.05, 4.69) is 218 Å². The first-order chi connectivity index (χ1) is 29.3. The van der Waals surface area contributed by atoms with Gasteiger partial charge in [-0.1, -0.05) is 206 Å². The Morgan fingerprint density at radius 2 is 0.695 bits per heavy atom. The summed E-state index contributed by atoms with van der Waals surface area (Å²) in [5, 5.41) is 10.2. The molecule has 0 amide bonds. The Hall–Kier alpha value is -7.54. The highest BCUT2D eigenvalue weighted by molar-refractivity contribution is 6.25. The normalized spacial score (nSPS) is 13.2. The summed E-state index contributed by atoms with van der Waals surface area (Å²) in [4.78, 5) is 0. The molecule has 2 aliphatic rings. The van der Waals surface area contributed by atoms with Crippen LogP contribution >= 0.6 is 0 Å². The summed E-state index contributed by atoms with van der Waals surface area (Å²) < 4.78 is 0. The molecule has 0 atom stereocenters. The maximum atomic E-state index is 2.61. The highest BCUT2D eigenvalue weighted by atomic mass is 14.5. The Bertz CT molecular complexity index is 3450. The van der Waals surface area contributed by atoms with Crippen LogP contribution in [0.5, 0.6) is 0 Å². The molecule has 59 heavy (non-hydrogen) atoms. The second-order valence-electron chi connectivity index (χ2n) is 16.2. The summed E-state index contributed by atoms with van der Waals surface area (Å²) in [6, 6.07) is 81.9. The van der Waals surface area contributed by atoms with Gasteiger partial charge in [0.05, 0.1) is 5.41 Å². The molecule has 13 rings (SSSR count). The second-order valence-corrected chi connectivity index (χ2v) is 16.2. The van der Waals surface area contributed by atoms with Crippen LogP contribution in [0.25, 0.3) is 98.7 Å². The Kier molecular flexibility index (Phi) is 6.74. The molecule has 0 aliphatic heterocycles. The summed E-state index contributed by atoms with van der Waals surface area (Å²) in [6.45, 7) is 0. The van der Waals surface area contributed by atoms with E-state index in [0.717, 1.165) is 0 Å². The number of hydrogen-bond donors (Lipinski definition) is 0. The number of rotatable bonds is 3. The average molecular weight is 745 g/mol. The van der Waals surface area contributed by atoms with Gasteiger partial charge in [-0.2, -0.15) is 0 Å². The van der Waals surface area contributed by atoms with Crippen molar-refractivity contribution in [2.24, 2.45) is 0 Å². The van der Waals surface area contributed by atoms with Crippen LogP contribution < -0.4 is 0 Å². The van der Waals surface area contributed by atoms with Crippen LogP contribution in [-0.4, -0.2) is 0 Å². The van der Waals surface area contributed by atoms with Gasteiger partial charge >= 0.3 is 0 Å². The number of benzene rings is 11. The summed E-state index contributed by atoms with van der Waals surface area (Å²) in [5.74, 6) is 0. The van der Waals surface area contributed by atoms with Crippen molar-refractivity contribution in [3.63, 3.8) is 0 Å². The molecular weight excluding hydrogens is 709 g/mol. The minimum atomic E-state index is -0.482. The largest absolute Gasteiger partial charge is 0.0726 e. The third kappa shape index (κ3) is 4.33. The first kappa shape index (κ1) is 32.5. The average Bonchev–Trinajstić information content (AvgIpc) is 3.78. The molecule has 0 fully saturated rings. The molecule has 0 N–H and O–H groups in total. The van der Waals surface area contributed by atoms with Gasteiger partial charge in [0.2, 0.25) is 0 Å². The van der Waals surface area contributed by atoms with Crippen molar-refractivity contribution in [3.8, 4) is 55.6 Å². The van der Waals surface area contributed by atoms with Crippen molar-refractivity contribution in [3.05, 3.63) is 241 Å². The van der Waals surface area contributed by atoms with Gasteiger partial charge in [0.1, 0.15) is 0 Å². The Balaban J connectivity index is 1.19. The lowest BCUT2D eigenvalue weighted by Gasteiger charge is -2.31. The first-order valence-corrected chi connectivity index (χ1v) is 20.7. The molecule has 272 valence electrons. The highest BCUT2D eigenvalue weighted by Crippen LogP contribution is 2.65. The van der Waals surface area contributed by atoms with Crippen molar-refractivity contribution >= 4 is 43.1 Å². The predicted molar refractivity (Wildman–Crippen MR) is 249 cm³/mol. The van der Waals surface area contributed by atoms with E-state index < -0.39 is 5.41 Å². The van der Waals surface area contributed by atoms with Gasteiger partial charge in [-0.05, 0) is 133 Å². The zero-order valence-electron chi connectivity index (χ0n) is 32.3. The van der Waals surface area contributed by atoms with Crippen molar-refractivity contribution in [2.75, 3.05) is 0 Å². The Morgan fingerprint density at radius 1 is 0.220 bits per heavy atom. The van der Waals surface area contributed by atoms with Crippen molar-refractivity contribution in [2.45, 2.75) is 5.41 Å². The van der Waals surface area contributed by atoms with Crippen LogP contribution in [0.4, 0.5) is 0 Å². The Labute approximate surface area is 343 Å². The van der Waals surface area contributed by atoms with Crippen molar-refractivity contribution in [1.82, 2.24) is 0 Å². The lowest BCUT2D eigenvalue weighted by atomic mass is 9.69. The standard InChI is InChI=1S/C59H36/c1-2-17-37(18-3-1)39-20-16-21-40(35-39)55-46-27-8-10-29-48(46)56(49-30-11-9-28-47(49)55)50-36-54-58(45-26-7-6-23-42(45)50)57-41-22-5-4-19-38(41)33-34-53(57)59(54)51-31-14-12-24-43(51)44-25-13-15-32-52(44)59/h1-36H. The molecule has 11 aromatic rings. The van der Waals surface area contributed by atoms with Crippen LogP contribution in [0.15, 0.2) is 218 Å². The van der Waals surface area contributed by atoms with Crippen LogP contribution in [0.2, 0.25) is 0 Å². The molecule has 0 saturated heterocycles. The van der Waals surface area contributed by atoms with E-state index in [-0.39, 0.29) is 0 Å². The van der Waals surface area contributed by atoms with Gasteiger partial charge in [-0.15, -0.1) is 0 Å². The van der Waals surface area contributed by atoms with E-state index in [0.29, 0.717) is 0 Å². The molecule has 0 bridgehead atoms. The van der Waals surface area contributed by atoms with Crippen molar-refractivity contribution in [1.29, 1.82) is 0 Å². The number of hydrogen-bond acceptors (Lipinski definition) is 0. The van der Waals surface area contributed by atoms with Gasteiger partial charge in [-0.25, -0.2) is 0 Å². The summed E-state index contributed by atoms with van der Waals surface area (Å²) in [7, 11) is 0. The van der Waals surface area contributed by atoms with Gasteiger partial charge in [-0.3, -0.25) is 0 Å². The molecular formula is C59H36. The van der Waals surface area contributed by atoms with Gasteiger partial charge in [0.15, 0.2) is 0 Å². The molecule has 0 radical (unpaired) electrons. The maximum Gasteiger partial charge on any atom is 0.0726 e. The SMILES string of the molecule is c1ccc(-c2cccc(-c3c4ccccc4c(-c4cc5c(c6ccccc46)-c4c(ccc6ccccc46)C54c5ccccc5-c5ccccc54)c4ccccc34)c2)cc1. The van der Waals surface area contributed by atoms with Crippen molar-refractivity contribution < 1.29 is 0 Å². The fourth-order valence-electron chi connectivity index (χ4n) is 11.2. The van der Waals surface area contributed by atoms with E-state index in [1.807, 2.05) is 0 Å². The monoisotopic (exact) mass is 744 g/mol.